The van der Waals surface area contributed by atoms with Crippen LogP contribution in [0.5, 0.6) is 11.5 Å². The molecule has 4 heteroatoms. The normalized spacial score (nSPS) is 19.8. The van der Waals surface area contributed by atoms with E-state index in [2.05, 4.69) is 15.9 Å². The molecule has 1 heterocycles. The molecule has 0 aromatic heterocycles. The third-order valence-corrected chi connectivity index (χ3v) is 3.00. The lowest BCUT2D eigenvalue weighted by atomic mass is 10.0. The second-order valence-corrected chi connectivity index (χ2v) is 4.09. The lowest BCUT2D eigenvalue weighted by molar-refractivity contribution is 0.261. The molecule has 0 saturated heterocycles. The van der Waals surface area contributed by atoms with Gasteiger partial charge >= 0.3 is 0 Å². The van der Waals surface area contributed by atoms with Gasteiger partial charge in [0, 0.05) is 12.5 Å². The maximum absolute atomic E-state index is 6.01. The molecule has 0 unspecified atom stereocenters. The van der Waals surface area contributed by atoms with E-state index in [1.165, 1.54) is 0 Å². The molecule has 1 aliphatic rings. The molecule has 0 saturated carbocycles. The number of halogens is 1. The standard InChI is InChI=1S/C10H12BrNO2/c1-13-8-3-2-6(11)10-9(8)7(12)4-5-14-10/h2-3,7H,4-5,12H2,1H3/t7-/m0/s1. The molecule has 2 rings (SSSR count). The highest BCUT2D eigenvalue weighted by atomic mass is 79.9. The molecule has 0 radical (unpaired) electrons. The Hall–Kier alpha value is -0.740. The monoisotopic (exact) mass is 257 g/mol. The quantitative estimate of drug-likeness (QED) is 0.840. The lowest BCUT2D eigenvalue weighted by Crippen LogP contribution is -2.21. The van der Waals surface area contributed by atoms with Crippen LogP contribution in [0.15, 0.2) is 16.6 Å². The minimum atomic E-state index is 0.00574. The van der Waals surface area contributed by atoms with Gasteiger partial charge in [0.25, 0.3) is 0 Å². The van der Waals surface area contributed by atoms with Gasteiger partial charge in [-0.25, -0.2) is 0 Å². The average Bonchev–Trinajstić information content (AvgIpc) is 2.20. The zero-order valence-corrected chi connectivity index (χ0v) is 9.50. The van der Waals surface area contributed by atoms with E-state index < -0.39 is 0 Å². The Morgan fingerprint density at radius 2 is 2.36 bits per heavy atom. The van der Waals surface area contributed by atoms with Crippen LogP contribution >= 0.6 is 15.9 Å². The summed E-state index contributed by atoms with van der Waals surface area (Å²) in [5.41, 5.74) is 6.98. The number of fused-ring (bicyclic) bond motifs is 1. The minimum absolute atomic E-state index is 0.00574. The second-order valence-electron chi connectivity index (χ2n) is 3.24. The van der Waals surface area contributed by atoms with E-state index in [-0.39, 0.29) is 6.04 Å². The first-order chi connectivity index (χ1) is 6.74. The van der Waals surface area contributed by atoms with Crippen molar-refractivity contribution in [2.75, 3.05) is 13.7 Å². The van der Waals surface area contributed by atoms with Gasteiger partial charge in [0.15, 0.2) is 0 Å². The van der Waals surface area contributed by atoms with Gasteiger partial charge in [0.2, 0.25) is 0 Å². The number of rotatable bonds is 1. The maximum atomic E-state index is 6.01. The summed E-state index contributed by atoms with van der Waals surface area (Å²) in [4.78, 5) is 0. The van der Waals surface area contributed by atoms with Gasteiger partial charge in [-0.05, 0) is 28.1 Å². The topological polar surface area (TPSA) is 44.5 Å². The fourth-order valence-electron chi connectivity index (χ4n) is 1.66. The van der Waals surface area contributed by atoms with E-state index in [9.17, 15) is 0 Å². The summed E-state index contributed by atoms with van der Waals surface area (Å²) in [6.45, 7) is 0.667. The fourth-order valence-corrected chi connectivity index (χ4v) is 2.12. The predicted octanol–water partition coefficient (Wildman–Crippen LogP) is 2.24. The Morgan fingerprint density at radius 3 is 3.07 bits per heavy atom. The summed E-state index contributed by atoms with van der Waals surface area (Å²) < 4.78 is 11.8. The van der Waals surface area contributed by atoms with Crippen LogP contribution in [0, 0.1) is 0 Å². The molecule has 0 fully saturated rings. The van der Waals surface area contributed by atoms with Gasteiger partial charge in [-0.2, -0.15) is 0 Å². The highest BCUT2D eigenvalue weighted by molar-refractivity contribution is 9.10. The number of hydrogen-bond donors (Lipinski definition) is 1. The molecule has 1 aliphatic heterocycles. The average molecular weight is 258 g/mol. The van der Waals surface area contributed by atoms with Crippen molar-refractivity contribution in [3.63, 3.8) is 0 Å². The van der Waals surface area contributed by atoms with E-state index in [0.29, 0.717) is 6.61 Å². The molecule has 76 valence electrons. The van der Waals surface area contributed by atoms with Crippen molar-refractivity contribution in [3.8, 4) is 11.5 Å². The van der Waals surface area contributed by atoms with Crippen LogP contribution in [0.2, 0.25) is 0 Å². The first kappa shape index (κ1) is 9.80. The summed E-state index contributed by atoms with van der Waals surface area (Å²) in [5, 5.41) is 0. The lowest BCUT2D eigenvalue weighted by Gasteiger charge is -2.25. The van der Waals surface area contributed by atoms with Crippen molar-refractivity contribution in [1.29, 1.82) is 0 Å². The SMILES string of the molecule is COc1ccc(Br)c2c1[C@@H](N)CCO2. The molecule has 3 nitrogen and oxygen atoms in total. The number of benzene rings is 1. The molecule has 0 spiro atoms. The van der Waals surface area contributed by atoms with Crippen molar-refractivity contribution in [1.82, 2.24) is 0 Å². The summed E-state index contributed by atoms with van der Waals surface area (Å²) >= 11 is 3.44. The van der Waals surface area contributed by atoms with Gasteiger partial charge in [0.1, 0.15) is 11.5 Å². The van der Waals surface area contributed by atoms with Crippen molar-refractivity contribution < 1.29 is 9.47 Å². The first-order valence-electron chi connectivity index (χ1n) is 4.49. The van der Waals surface area contributed by atoms with Crippen LogP contribution in [0.1, 0.15) is 18.0 Å². The Bertz CT molecular complexity index is 354. The molecule has 2 N–H and O–H groups in total. The zero-order valence-electron chi connectivity index (χ0n) is 7.92. The Labute approximate surface area is 91.3 Å². The Morgan fingerprint density at radius 1 is 1.57 bits per heavy atom. The van der Waals surface area contributed by atoms with E-state index in [0.717, 1.165) is 28.0 Å². The van der Waals surface area contributed by atoms with Gasteiger partial charge < -0.3 is 15.2 Å². The summed E-state index contributed by atoms with van der Waals surface area (Å²) in [5.74, 6) is 1.62. The van der Waals surface area contributed by atoms with Gasteiger partial charge in [0.05, 0.1) is 23.8 Å². The molecular weight excluding hydrogens is 246 g/mol. The van der Waals surface area contributed by atoms with E-state index >= 15 is 0 Å². The maximum Gasteiger partial charge on any atom is 0.141 e. The van der Waals surface area contributed by atoms with Crippen molar-refractivity contribution in [2.24, 2.45) is 5.73 Å². The molecule has 1 atom stereocenters. The fraction of sp³-hybridized carbons (Fsp3) is 0.400. The van der Waals surface area contributed by atoms with Crippen molar-refractivity contribution in [3.05, 3.63) is 22.2 Å². The second kappa shape index (κ2) is 3.79. The van der Waals surface area contributed by atoms with Crippen LogP contribution in [-0.2, 0) is 0 Å². The number of nitrogens with two attached hydrogens (primary N) is 1. The van der Waals surface area contributed by atoms with Crippen molar-refractivity contribution in [2.45, 2.75) is 12.5 Å². The predicted molar refractivity (Wildman–Crippen MR) is 57.7 cm³/mol. The highest BCUT2D eigenvalue weighted by Gasteiger charge is 2.24. The van der Waals surface area contributed by atoms with Gasteiger partial charge in [-0.15, -0.1) is 0 Å². The largest absolute Gasteiger partial charge is 0.496 e. The molecule has 1 aromatic carbocycles. The minimum Gasteiger partial charge on any atom is -0.496 e. The third kappa shape index (κ3) is 1.48. The van der Waals surface area contributed by atoms with Crippen LogP contribution in [0.4, 0.5) is 0 Å². The number of hydrogen-bond acceptors (Lipinski definition) is 3. The Kier molecular flexibility index (Phi) is 2.65. The molecule has 0 bridgehead atoms. The molecular formula is C10H12BrNO2. The third-order valence-electron chi connectivity index (χ3n) is 2.37. The van der Waals surface area contributed by atoms with Gasteiger partial charge in [-0.3, -0.25) is 0 Å². The first-order valence-corrected chi connectivity index (χ1v) is 5.28. The van der Waals surface area contributed by atoms with E-state index in [1.54, 1.807) is 7.11 Å². The molecule has 14 heavy (non-hydrogen) atoms. The smallest absolute Gasteiger partial charge is 0.141 e. The highest BCUT2D eigenvalue weighted by Crippen LogP contribution is 2.42. The van der Waals surface area contributed by atoms with E-state index in [1.807, 2.05) is 12.1 Å². The van der Waals surface area contributed by atoms with Crippen LogP contribution in [-0.4, -0.2) is 13.7 Å². The van der Waals surface area contributed by atoms with E-state index in [4.69, 9.17) is 15.2 Å². The zero-order chi connectivity index (χ0) is 10.1. The molecule has 0 amide bonds. The summed E-state index contributed by atoms with van der Waals surface area (Å²) in [6, 6.07) is 3.82. The Balaban J connectivity index is 2.58. The number of methoxy groups -OCH3 is 1. The van der Waals surface area contributed by atoms with Crippen molar-refractivity contribution >= 4 is 15.9 Å². The van der Waals surface area contributed by atoms with Gasteiger partial charge in [-0.1, -0.05) is 0 Å². The van der Waals surface area contributed by atoms with Crippen LogP contribution < -0.4 is 15.2 Å². The van der Waals surface area contributed by atoms with Crippen LogP contribution in [0.3, 0.4) is 0 Å². The van der Waals surface area contributed by atoms with Crippen LogP contribution in [0.25, 0.3) is 0 Å². The molecule has 0 aliphatic carbocycles. The summed E-state index contributed by atoms with van der Waals surface area (Å²) in [6.07, 6.45) is 0.833. The molecule has 1 aromatic rings. The summed E-state index contributed by atoms with van der Waals surface area (Å²) in [7, 11) is 1.64. The number of ether oxygens (including phenoxy) is 2.